The summed E-state index contributed by atoms with van der Waals surface area (Å²) in [6, 6.07) is 15.0. The lowest BCUT2D eigenvalue weighted by atomic mass is 10.1. The third kappa shape index (κ3) is 3.23. The fourth-order valence-electron chi connectivity index (χ4n) is 3.51. The highest BCUT2D eigenvalue weighted by Crippen LogP contribution is 2.34. The van der Waals surface area contributed by atoms with Crippen LogP contribution in [0.4, 0.5) is 27.3 Å². The fourth-order valence-corrected chi connectivity index (χ4v) is 3.51. The Balaban J connectivity index is 1.53. The summed E-state index contributed by atoms with van der Waals surface area (Å²) in [7, 11) is 0. The Morgan fingerprint density at radius 3 is 2.87 bits per heavy atom. The number of hydrazine groups is 1. The van der Waals surface area contributed by atoms with Gasteiger partial charge >= 0.3 is 0 Å². The summed E-state index contributed by atoms with van der Waals surface area (Å²) in [5.74, 6) is 6.05. The van der Waals surface area contributed by atoms with E-state index in [0.717, 1.165) is 33.6 Å². The van der Waals surface area contributed by atoms with E-state index in [2.05, 4.69) is 25.3 Å². The lowest BCUT2D eigenvalue weighted by molar-refractivity contribution is 0.619. The molecule has 0 spiro atoms. The zero-order chi connectivity index (χ0) is 20.7. The number of aliphatic imine (C=N–C) groups is 1. The van der Waals surface area contributed by atoms with Gasteiger partial charge in [0.1, 0.15) is 0 Å². The van der Waals surface area contributed by atoms with E-state index in [0.29, 0.717) is 18.1 Å². The second-order valence-corrected chi connectivity index (χ2v) is 7.07. The van der Waals surface area contributed by atoms with Crippen LogP contribution in [0, 0.1) is 5.82 Å². The number of nitrogens with zero attached hydrogens (tertiary/aromatic N) is 5. The topological polar surface area (TPSA) is 92.3 Å². The fraction of sp³-hybridized carbons (Fsp3) is 0.0909. The Morgan fingerprint density at radius 1 is 1.10 bits per heavy atom. The minimum Gasteiger partial charge on any atom is -0.338 e. The molecule has 0 fully saturated rings. The first-order chi connectivity index (χ1) is 14.6. The summed E-state index contributed by atoms with van der Waals surface area (Å²) in [4.78, 5) is 17.5. The first kappa shape index (κ1) is 18.1. The van der Waals surface area contributed by atoms with Gasteiger partial charge in [-0.3, -0.25) is 9.98 Å². The molecule has 0 aliphatic carbocycles. The lowest BCUT2D eigenvalue weighted by Gasteiger charge is -2.25. The molecule has 5 rings (SSSR count). The highest BCUT2D eigenvalue weighted by atomic mass is 19.1. The van der Waals surface area contributed by atoms with Gasteiger partial charge in [0, 0.05) is 28.5 Å². The van der Waals surface area contributed by atoms with Gasteiger partial charge in [-0.05, 0) is 37.3 Å². The van der Waals surface area contributed by atoms with Crippen LogP contribution in [0.5, 0.6) is 0 Å². The van der Waals surface area contributed by atoms with Crippen LogP contribution >= 0.6 is 0 Å². The zero-order valence-corrected chi connectivity index (χ0v) is 16.2. The predicted octanol–water partition coefficient (Wildman–Crippen LogP) is 4.36. The molecule has 0 unspecified atom stereocenters. The number of para-hydroxylation sites is 1. The number of anilines is 3. The maximum Gasteiger partial charge on any atom is 0.184 e. The van der Waals surface area contributed by atoms with Gasteiger partial charge in [-0.2, -0.15) is 0 Å². The highest BCUT2D eigenvalue weighted by molar-refractivity contribution is 5.95. The molecule has 1 aliphatic rings. The summed E-state index contributed by atoms with van der Waals surface area (Å²) >= 11 is 0. The van der Waals surface area contributed by atoms with E-state index in [1.54, 1.807) is 11.2 Å². The SMILES string of the molecule is CC1=Nc2ccc(Nc3nc(-c4ccnc5ccccc45)ncc3F)cc2N(N)C1. The minimum atomic E-state index is -0.548. The molecule has 7 nitrogen and oxygen atoms in total. The molecule has 3 heterocycles. The maximum absolute atomic E-state index is 14.5. The molecule has 1 aliphatic heterocycles. The maximum atomic E-state index is 14.5. The van der Waals surface area contributed by atoms with Crippen LogP contribution in [0.15, 0.2) is 65.9 Å². The molecule has 148 valence electrons. The van der Waals surface area contributed by atoms with Crippen molar-refractivity contribution < 1.29 is 4.39 Å². The summed E-state index contributed by atoms with van der Waals surface area (Å²) in [6.07, 6.45) is 2.86. The molecular formula is C22H18FN7. The number of hydrogen-bond acceptors (Lipinski definition) is 7. The standard InChI is InChI=1S/C22H18FN7/c1-13-12-30(24)20-10-14(6-7-19(20)27-13)28-22-17(23)11-26-21(29-22)16-8-9-25-18-5-3-2-4-15(16)18/h2-11H,12,24H2,1H3,(H,26,28,29). The van der Waals surface area contributed by atoms with Crippen molar-refractivity contribution in [3.05, 3.63) is 66.7 Å². The number of hydrogen-bond donors (Lipinski definition) is 2. The van der Waals surface area contributed by atoms with E-state index in [1.165, 1.54) is 6.20 Å². The molecule has 0 bridgehead atoms. The van der Waals surface area contributed by atoms with E-state index in [-0.39, 0.29) is 5.82 Å². The average molecular weight is 399 g/mol. The van der Waals surface area contributed by atoms with Crippen molar-refractivity contribution in [1.29, 1.82) is 0 Å². The van der Waals surface area contributed by atoms with Gasteiger partial charge in [0.15, 0.2) is 17.5 Å². The molecule has 8 heteroatoms. The molecular weight excluding hydrogens is 381 g/mol. The molecule has 3 N–H and O–H groups in total. The van der Waals surface area contributed by atoms with E-state index in [1.807, 2.05) is 55.5 Å². The Bertz CT molecular complexity index is 1300. The summed E-state index contributed by atoms with van der Waals surface area (Å²) in [5, 5.41) is 5.56. The van der Waals surface area contributed by atoms with Crippen LogP contribution in [0.2, 0.25) is 0 Å². The van der Waals surface area contributed by atoms with Crippen LogP contribution in [-0.4, -0.2) is 27.2 Å². The van der Waals surface area contributed by atoms with Gasteiger partial charge in [0.2, 0.25) is 0 Å². The number of halogens is 1. The van der Waals surface area contributed by atoms with E-state index in [4.69, 9.17) is 5.84 Å². The molecule has 30 heavy (non-hydrogen) atoms. The van der Waals surface area contributed by atoms with Crippen LogP contribution in [0.3, 0.4) is 0 Å². The van der Waals surface area contributed by atoms with Crippen molar-refractivity contribution in [1.82, 2.24) is 15.0 Å². The largest absolute Gasteiger partial charge is 0.338 e. The third-order valence-corrected chi connectivity index (χ3v) is 4.89. The normalized spacial score (nSPS) is 13.2. The lowest BCUT2D eigenvalue weighted by Crippen LogP contribution is -2.37. The Hall–Kier alpha value is -3.91. The molecule has 0 saturated heterocycles. The summed E-state index contributed by atoms with van der Waals surface area (Å²) in [5.41, 5.74) is 4.74. The first-order valence-electron chi connectivity index (χ1n) is 9.42. The zero-order valence-electron chi connectivity index (χ0n) is 16.2. The van der Waals surface area contributed by atoms with Crippen molar-refractivity contribution in [2.24, 2.45) is 10.8 Å². The van der Waals surface area contributed by atoms with E-state index in [9.17, 15) is 4.39 Å². The van der Waals surface area contributed by atoms with Gasteiger partial charge in [0.25, 0.3) is 0 Å². The van der Waals surface area contributed by atoms with Crippen LogP contribution in [0.1, 0.15) is 6.92 Å². The Labute approximate surface area is 172 Å². The van der Waals surface area contributed by atoms with Gasteiger partial charge in [-0.25, -0.2) is 20.2 Å². The number of nitrogens with two attached hydrogens (primary N) is 1. The molecule has 2 aromatic carbocycles. The third-order valence-electron chi connectivity index (χ3n) is 4.89. The first-order valence-corrected chi connectivity index (χ1v) is 9.42. The molecule has 4 aromatic rings. The van der Waals surface area contributed by atoms with E-state index >= 15 is 0 Å². The van der Waals surface area contributed by atoms with Crippen molar-refractivity contribution in [2.75, 3.05) is 16.9 Å². The van der Waals surface area contributed by atoms with Gasteiger partial charge < -0.3 is 10.3 Å². The second kappa shape index (κ2) is 7.16. The number of fused-ring (bicyclic) bond motifs is 2. The summed E-state index contributed by atoms with van der Waals surface area (Å²) in [6.45, 7) is 2.47. The minimum absolute atomic E-state index is 0.0832. The Morgan fingerprint density at radius 2 is 1.97 bits per heavy atom. The van der Waals surface area contributed by atoms with Gasteiger partial charge in [-0.15, -0.1) is 0 Å². The van der Waals surface area contributed by atoms with Gasteiger partial charge in [-0.1, -0.05) is 18.2 Å². The molecule has 2 aromatic heterocycles. The number of pyridine rings is 1. The second-order valence-electron chi connectivity index (χ2n) is 7.07. The van der Waals surface area contributed by atoms with Crippen LogP contribution < -0.4 is 16.2 Å². The van der Waals surface area contributed by atoms with Crippen LogP contribution in [-0.2, 0) is 0 Å². The van der Waals surface area contributed by atoms with Crippen molar-refractivity contribution >= 4 is 39.5 Å². The van der Waals surface area contributed by atoms with Crippen molar-refractivity contribution in [2.45, 2.75) is 6.92 Å². The summed E-state index contributed by atoms with van der Waals surface area (Å²) < 4.78 is 14.5. The van der Waals surface area contributed by atoms with E-state index < -0.39 is 5.82 Å². The Kier molecular flexibility index (Phi) is 4.33. The van der Waals surface area contributed by atoms with Crippen molar-refractivity contribution in [3.8, 4) is 11.4 Å². The number of nitrogens with one attached hydrogen (secondary N) is 1. The van der Waals surface area contributed by atoms with Gasteiger partial charge in [0.05, 0.1) is 29.6 Å². The highest BCUT2D eigenvalue weighted by Gasteiger charge is 2.17. The molecule has 0 amide bonds. The van der Waals surface area contributed by atoms with Crippen LogP contribution in [0.25, 0.3) is 22.3 Å². The molecule has 0 atom stereocenters. The number of aromatic nitrogens is 3. The molecule has 0 radical (unpaired) electrons. The number of rotatable bonds is 3. The predicted molar refractivity (Wildman–Crippen MR) is 117 cm³/mol. The monoisotopic (exact) mass is 399 g/mol. The molecule has 0 saturated carbocycles. The smallest absolute Gasteiger partial charge is 0.184 e. The average Bonchev–Trinajstić information content (AvgIpc) is 2.75. The quantitative estimate of drug-likeness (QED) is 0.497. The van der Waals surface area contributed by atoms with Crippen molar-refractivity contribution in [3.63, 3.8) is 0 Å². The number of benzene rings is 2.